The molecule has 4 heterocycles. The molecule has 1 amide bonds. The Kier molecular flexibility index (Phi) is 7.01. The van der Waals surface area contributed by atoms with Crippen LogP contribution in [-0.2, 0) is 11.3 Å². The van der Waals surface area contributed by atoms with Crippen molar-refractivity contribution >= 4 is 23.4 Å². The molecule has 2 bridgehead atoms. The minimum absolute atomic E-state index is 0.0647. The molecule has 0 saturated carbocycles. The highest BCUT2D eigenvalue weighted by Gasteiger charge is 2.36. The van der Waals surface area contributed by atoms with E-state index in [1.165, 1.54) is 11.3 Å². The number of thiophene rings is 1. The van der Waals surface area contributed by atoms with Crippen LogP contribution in [0.15, 0.2) is 66.7 Å². The van der Waals surface area contributed by atoms with Crippen LogP contribution in [0.1, 0.15) is 44.6 Å². The molecule has 3 saturated heterocycles. The van der Waals surface area contributed by atoms with Gasteiger partial charge in [0.2, 0.25) is 0 Å². The monoisotopic (exact) mass is 492 g/mol. The molecule has 3 aromatic rings. The maximum Gasteiger partial charge on any atom is 0.408 e. The Bertz CT molecular complexity index is 1170. The van der Waals surface area contributed by atoms with Crippen LogP contribution in [0.25, 0.3) is 0 Å². The minimum atomic E-state index is -0.940. The van der Waals surface area contributed by atoms with Crippen LogP contribution in [0.4, 0.5) is 4.79 Å². The third-order valence-electron chi connectivity index (χ3n) is 6.69. The van der Waals surface area contributed by atoms with Crippen molar-refractivity contribution in [3.8, 4) is 5.75 Å². The summed E-state index contributed by atoms with van der Waals surface area (Å²) in [5.74, 6) is 0.142. The number of ether oxygens (including phenoxy) is 2. The third kappa shape index (κ3) is 5.66. The van der Waals surface area contributed by atoms with Gasteiger partial charge in [-0.15, -0.1) is 11.3 Å². The lowest BCUT2D eigenvalue weighted by Crippen LogP contribution is -2.52. The quantitative estimate of drug-likeness (QED) is 0.463. The first-order valence-electron chi connectivity index (χ1n) is 11.8. The number of piperidine rings is 3. The topological polar surface area (TPSA) is 88.1 Å². The molecule has 7 nitrogen and oxygen atoms in total. The molecule has 2 atom stereocenters. The summed E-state index contributed by atoms with van der Waals surface area (Å²) in [5.41, 5.74) is 1.82. The zero-order valence-corrected chi connectivity index (χ0v) is 20.1. The van der Waals surface area contributed by atoms with Gasteiger partial charge in [0.25, 0.3) is 0 Å². The molecule has 3 aliphatic heterocycles. The molecule has 8 heteroatoms. The van der Waals surface area contributed by atoms with Crippen LogP contribution >= 0.6 is 11.3 Å². The summed E-state index contributed by atoms with van der Waals surface area (Å²) in [7, 11) is 0. The molecule has 2 N–H and O–H groups in total. The predicted molar refractivity (Wildman–Crippen MR) is 133 cm³/mol. The fourth-order valence-electron chi connectivity index (χ4n) is 4.85. The maximum atomic E-state index is 13.0. The third-order valence-corrected chi connectivity index (χ3v) is 7.74. The fraction of sp³-hybridized carbons (Fsp3) is 0.333. The number of fused-ring (bicyclic) bond motifs is 3. The van der Waals surface area contributed by atoms with Crippen molar-refractivity contribution in [3.63, 3.8) is 0 Å². The number of nitrogens with zero attached hydrogens (tertiary/aromatic N) is 1. The van der Waals surface area contributed by atoms with Crippen LogP contribution in [-0.4, -0.2) is 47.8 Å². The molecule has 0 aliphatic carbocycles. The molecular formula is C27H28N2O5S. The van der Waals surface area contributed by atoms with Gasteiger partial charge in [0, 0.05) is 11.4 Å². The van der Waals surface area contributed by atoms with Crippen molar-refractivity contribution in [1.82, 2.24) is 10.2 Å². The molecule has 35 heavy (non-hydrogen) atoms. The van der Waals surface area contributed by atoms with Crippen LogP contribution in [0.3, 0.4) is 0 Å². The highest BCUT2D eigenvalue weighted by atomic mass is 32.1. The number of hydrogen-bond acceptors (Lipinski definition) is 6. The highest BCUT2D eigenvalue weighted by molar-refractivity contribution is 7.13. The van der Waals surface area contributed by atoms with E-state index >= 15 is 0 Å². The number of alkyl carbamates (subject to hydrolysis) is 1. The van der Waals surface area contributed by atoms with E-state index in [2.05, 4.69) is 10.2 Å². The van der Waals surface area contributed by atoms with E-state index in [4.69, 9.17) is 14.6 Å². The van der Waals surface area contributed by atoms with E-state index in [9.17, 15) is 9.59 Å². The van der Waals surface area contributed by atoms with Crippen molar-refractivity contribution < 1.29 is 24.2 Å². The molecule has 3 aliphatic rings. The summed E-state index contributed by atoms with van der Waals surface area (Å²) in [6, 6.07) is 20.3. The van der Waals surface area contributed by atoms with E-state index < -0.39 is 18.1 Å². The zero-order chi connectivity index (χ0) is 24.2. The predicted octanol–water partition coefficient (Wildman–Crippen LogP) is 4.94. The number of rotatable bonds is 8. The van der Waals surface area contributed by atoms with Crippen molar-refractivity contribution in [2.75, 3.05) is 19.6 Å². The molecule has 2 aromatic carbocycles. The number of carboxylic acid groups (broad SMARTS) is 1. The van der Waals surface area contributed by atoms with E-state index in [-0.39, 0.29) is 17.6 Å². The minimum Gasteiger partial charge on any atom is -0.488 e. The van der Waals surface area contributed by atoms with Gasteiger partial charge in [0.1, 0.15) is 23.3 Å². The van der Waals surface area contributed by atoms with Crippen molar-refractivity contribution in [2.45, 2.75) is 31.6 Å². The Morgan fingerprint density at radius 3 is 2.49 bits per heavy atom. The summed E-state index contributed by atoms with van der Waals surface area (Å²) in [4.78, 5) is 27.6. The van der Waals surface area contributed by atoms with E-state index in [0.29, 0.717) is 11.7 Å². The summed E-state index contributed by atoms with van der Waals surface area (Å²) in [5, 5.41) is 12.2. The zero-order valence-electron chi connectivity index (χ0n) is 19.3. The summed E-state index contributed by atoms with van der Waals surface area (Å²) in [6.07, 6.45) is 1.68. The first-order valence-corrected chi connectivity index (χ1v) is 12.7. The molecular weight excluding hydrogens is 464 g/mol. The van der Waals surface area contributed by atoms with Gasteiger partial charge in [-0.05, 0) is 67.2 Å². The molecule has 1 aromatic heterocycles. The Balaban J connectivity index is 1.29. The normalized spacial score (nSPS) is 21.8. The second-order valence-corrected chi connectivity index (χ2v) is 10.2. The fourth-order valence-corrected chi connectivity index (χ4v) is 5.61. The van der Waals surface area contributed by atoms with Gasteiger partial charge >= 0.3 is 12.1 Å². The Morgan fingerprint density at radius 1 is 1.03 bits per heavy atom. The van der Waals surface area contributed by atoms with Crippen LogP contribution in [0, 0.1) is 5.92 Å². The number of aromatic carboxylic acids is 1. The molecule has 0 unspecified atom stereocenters. The number of nitrogens with one attached hydrogen (secondary N) is 1. The van der Waals surface area contributed by atoms with Crippen LogP contribution in [0.2, 0.25) is 0 Å². The molecule has 3 fully saturated rings. The van der Waals surface area contributed by atoms with Gasteiger partial charge in [-0.1, -0.05) is 42.5 Å². The SMILES string of the molecule is O=C(N[C@@H](c1ccccc1)c1cccc(OCc2ccc(C(=O)O)s2)c1)O[C@H]1CN2CCC1CC2. The average Bonchev–Trinajstić information content (AvgIpc) is 3.37. The highest BCUT2D eigenvalue weighted by Crippen LogP contribution is 2.31. The smallest absolute Gasteiger partial charge is 0.408 e. The standard InChI is InChI=1S/C27H28N2O5S/c30-26(31)24-10-9-22(35-24)17-33-21-8-4-7-20(15-21)25(19-5-2-1-3-6-19)28-27(32)34-23-16-29-13-11-18(23)12-14-29/h1-10,15,18,23,25H,11-14,16-17H2,(H,28,32)(H,30,31)/t23-,25-/m0/s1. The van der Waals surface area contributed by atoms with E-state index in [1.54, 1.807) is 12.1 Å². The maximum absolute atomic E-state index is 13.0. The number of hydrogen-bond donors (Lipinski definition) is 2. The Morgan fingerprint density at radius 2 is 1.80 bits per heavy atom. The van der Waals surface area contributed by atoms with Crippen molar-refractivity contribution in [2.24, 2.45) is 5.92 Å². The number of carbonyl (C=O) groups excluding carboxylic acids is 1. The lowest BCUT2D eigenvalue weighted by atomic mass is 9.86. The molecule has 0 spiro atoms. The van der Waals surface area contributed by atoms with Gasteiger partial charge in [0.05, 0.1) is 6.04 Å². The Hall–Kier alpha value is -3.36. The Labute approximate surface area is 208 Å². The molecule has 182 valence electrons. The molecule has 0 radical (unpaired) electrons. The lowest BCUT2D eigenvalue weighted by Gasteiger charge is -2.43. The van der Waals surface area contributed by atoms with Gasteiger partial charge in [-0.25, -0.2) is 9.59 Å². The number of benzene rings is 2. The average molecular weight is 493 g/mol. The summed E-state index contributed by atoms with van der Waals surface area (Å²) in [6.45, 7) is 3.26. The molecule has 6 rings (SSSR count). The van der Waals surface area contributed by atoms with Gasteiger partial charge in [-0.2, -0.15) is 0 Å². The largest absolute Gasteiger partial charge is 0.488 e. The van der Waals surface area contributed by atoms with Gasteiger partial charge in [0.15, 0.2) is 0 Å². The van der Waals surface area contributed by atoms with Gasteiger partial charge < -0.3 is 19.9 Å². The second-order valence-electron chi connectivity index (χ2n) is 9.00. The van der Waals surface area contributed by atoms with Crippen molar-refractivity contribution in [3.05, 3.63) is 87.6 Å². The van der Waals surface area contributed by atoms with E-state index in [1.807, 2.05) is 54.6 Å². The lowest BCUT2D eigenvalue weighted by molar-refractivity contribution is -0.0336. The van der Waals surface area contributed by atoms with E-state index in [0.717, 1.165) is 48.5 Å². The van der Waals surface area contributed by atoms with Gasteiger partial charge in [-0.3, -0.25) is 4.90 Å². The first-order chi connectivity index (χ1) is 17.0. The summed E-state index contributed by atoms with van der Waals surface area (Å²) >= 11 is 1.20. The number of carboxylic acids is 1. The first kappa shape index (κ1) is 23.4. The van der Waals surface area contributed by atoms with Crippen LogP contribution < -0.4 is 10.1 Å². The summed E-state index contributed by atoms with van der Waals surface area (Å²) < 4.78 is 11.8. The van der Waals surface area contributed by atoms with Crippen molar-refractivity contribution in [1.29, 1.82) is 0 Å². The number of carbonyl (C=O) groups is 2. The number of amides is 1. The van der Waals surface area contributed by atoms with Crippen LogP contribution in [0.5, 0.6) is 5.75 Å². The second kappa shape index (κ2) is 10.5.